The van der Waals surface area contributed by atoms with Gasteiger partial charge in [0.25, 0.3) is 0 Å². The molecule has 0 saturated carbocycles. The Hall–Kier alpha value is -2.69. The van der Waals surface area contributed by atoms with Crippen molar-refractivity contribution in [1.29, 1.82) is 0 Å². The van der Waals surface area contributed by atoms with Crippen molar-refractivity contribution < 1.29 is 19.0 Å². The van der Waals surface area contributed by atoms with Crippen molar-refractivity contribution in [2.75, 3.05) is 12.8 Å². The smallest absolute Gasteiger partial charge is 0.352 e. The predicted molar refractivity (Wildman–Crippen MR) is 79.6 cm³/mol. The van der Waals surface area contributed by atoms with Crippen molar-refractivity contribution in [1.82, 2.24) is 0 Å². The third-order valence-electron chi connectivity index (χ3n) is 2.78. The zero-order chi connectivity index (χ0) is 15.2. The minimum absolute atomic E-state index is 0.355. The summed E-state index contributed by atoms with van der Waals surface area (Å²) in [6, 6.07) is 13.8. The van der Waals surface area contributed by atoms with Gasteiger partial charge in [-0.05, 0) is 31.2 Å². The zero-order valence-corrected chi connectivity index (χ0v) is 11.9. The number of hydrogen-bond donors (Lipinski definition) is 1. The molecule has 0 aliphatic heterocycles. The van der Waals surface area contributed by atoms with Crippen LogP contribution in [0.4, 0.5) is 5.69 Å². The molecule has 110 valence electrons. The van der Waals surface area contributed by atoms with Gasteiger partial charge in [0.05, 0.1) is 7.11 Å². The number of nitrogens with two attached hydrogens (primary N) is 1. The number of anilines is 1. The van der Waals surface area contributed by atoms with Gasteiger partial charge in [0.15, 0.2) is 17.6 Å². The van der Waals surface area contributed by atoms with Crippen LogP contribution in [0.1, 0.15) is 6.92 Å². The molecule has 5 heteroatoms. The molecule has 2 N–H and O–H groups in total. The van der Waals surface area contributed by atoms with E-state index in [1.54, 1.807) is 55.5 Å². The van der Waals surface area contributed by atoms with E-state index in [0.29, 0.717) is 22.9 Å². The van der Waals surface area contributed by atoms with E-state index in [0.717, 1.165) is 0 Å². The van der Waals surface area contributed by atoms with Gasteiger partial charge in [-0.1, -0.05) is 18.2 Å². The van der Waals surface area contributed by atoms with Crippen LogP contribution >= 0.6 is 0 Å². The van der Waals surface area contributed by atoms with Gasteiger partial charge in [-0.3, -0.25) is 0 Å². The second-order valence-corrected chi connectivity index (χ2v) is 4.40. The quantitative estimate of drug-likeness (QED) is 0.520. The summed E-state index contributed by atoms with van der Waals surface area (Å²) in [7, 11) is 1.51. The second kappa shape index (κ2) is 6.65. The van der Waals surface area contributed by atoms with Crippen LogP contribution in [0.15, 0.2) is 48.5 Å². The standard InChI is InChI=1S/C16H17NO4/c1-11(20-13-7-5-6-12(17)10-13)16(18)21-15-9-4-3-8-14(15)19-2/h3-11H,17H2,1-2H3. The first-order chi connectivity index (χ1) is 10.1. The maximum absolute atomic E-state index is 12.0. The van der Waals surface area contributed by atoms with Crippen LogP contribution < -0.4 is 19.9 Å². The summed E-state index contributed by atoms with van der Waals surface area (Å²) in [6.45, 7) is 1.61. The number of hydrogen-bond acceptors (Lipinski definition) is 5. The van der Waals surface area contributed by atoms with E-state index in [4.69, 9.17) is 19.9 Å². The Morgan fingerprint density at radius 2 is 1.81 bits per heavy atom. The molecule has 2 aromatic carbocycles. The Kier molecular flexibility index (Phi) is 4.66. The van der Waals surface area contributed by atoms with E-state index >= 15 is 0 Å². The van der Waals surface area contributed by atoms with Crippen molar-refractivity contribution in [3.63, 3.8) is 0 Å². The first kappa shape index (κ1) is 14.7. The number of rotatable bonds is 5. The van der Waals surface area contributed by atoms with Crippen LogP contribution in [0.3, 0.4) is 0 Å². The van der Waals surface area contributed by atoms with E-state index < -0.39 is 12.1 Å². The number of esters is 1. The molecule has 5 nitrogen and oxygen atoms in total. The molecule has 0 aliphatic carbocycles. The van der Waals surface area contributed by atoms with Gasteiger partial charge in [0.2, 0.25) is 0 Å². The average molecular weight is 287 g/mol. The summed E-state index contributed by atoms with van der Waals surface area (Å²) in [6.07, 6.45) is -0.767. The van der Waals surface area contributed by atoms with Crippen LogP contribution in [-0.2, 0) is 4.79 Å². The lowest BCUT2D eigenvalue weighted by molar-refractivity contribution is -0.141. The fourth-order valence-electron chi connectivity index (χ4n) is 1.73. The largest absolute Gasteiger partial charge is 0.493 e. The number of nitrogen functional groups attached to an aromatic ring is 1. The topological polar surface area (TPSA) is 70.8 Å². The van der Waals surface area contributed by atoms with Gasteiger partial charge in [-0.25, -0.2) is 4.79 Å². The predicted octanol–water partition coefficient (Wildman–Crippen LogP) is 2.65. The molecule has 1 unspecified atom stereocenters. The van der Waals surface area contributed by atoms with E-state index in [1.807, 2.05) is 0 Å². The Morgan fingerprint density at radius 3 is 2.48 bits per heavy atom. The van der Waals surface area contributed by atoms with E-state index in [2.05, 4.69) is 0 Å². The normalized spacial score (nSPS) is 11.5. The number of carbonyl (C=O) groups is 1. The maximum atomic E-state index is 12.0. The summed E-state index contributed by atoms with van der Waals surface area (Å²) >= 11 is 0. The highest BCUT2D eigenvalue weighted by Gasteiger charge is 2.19. The zero-order valence-electron chi connectivity index (χ0n) is 11.9. The van der Waals surface area contributed by atoms with Crippen molar-refractivity contribution in [2.45, 2.75) is 13.0 Å². The summed E-state index contributed by atoms with van der Waals surface area (Å²) in [5.74, 6) is 0.844. The number of methoxy groups -OCH3 is 1. The lowest BCUT2D eigenvalue weighted by atomic mass is 10.3. The molecule has 2 aromatic rings. The summed E-state index contributed by atoms with van der Waals surface area (Å²) in [4.78, 5) is 12.0. The van der Waals surface area contributed by atoms with E-state index in [1.165, 1.54) is 7.11 Å². The van der Waals surface area contributed by atoms with Crippen LogP contribution in [0, 0.1) is 0 Å². The van der Waals surface area contributed by atoms with Crippen molar-refractivity contribution in [2.24, 2.45) is 0 Å². The Morgan fingerprint density at radius 1 is 1.10 bits per heavy atom. The maximum Gasteiger partial charge on any atom is 0.352 e. The fraction of sp³-hybridized carbons (Fsp3) is 0.188. The molecule has 0 saturated heterocycles. The number of ether oxygens (including phenoxy) is 3. The lowest BCUT2D eigenvalue weighted by Crippen LogP contribution is -2.28. The highest BCUT2D eigenvalue weighted by atomic mass is 16.6. The minimum Gasteiger partial charge on any atom is -0.493 e. The average Bonchev–Trinajstić information content (AvgIpc) is 2.47. The van der Waals surface area contributed by atoms with Gasteiger partial charge < -0.3 is 19.9 Å². The molecular weight excluding hydrogens is 270 g/mol. The molecule has 0 spiro atoms. The third kappa shape index (κ3) is 3.89. The van der Waals surface area contributed by atoms with E-state index in [-0.39, 0.29) is 0 Å². The van der Waals surface area contributed by atoms with Gasteiger partial charge in [-0.15, -0.1) is 0 Å². The minimum atomic E-state index is -0.767. The Balaban J connectivity index is 2.02. The van der Waals surface area contributed by atoms with Crippen molar-refractivity contribution in [3.05, 3.63) is 48.5 Å². The third-order valence-corrected chi connectivity index (χ3v) is 2.78. The lowest BCUT2D eigenvalue weighted by Gasteiger charge is -2.15. The van der Waals surface area contributed by atoms with Crippen LogP contribution in [-0.4, -0.2) is 19.2 Å². The number of benzene rings is 2. The van der Waals surface area contributed by atoms with Crippen molar-refractivity contribution >= 4 is 11.7 Å². The first-order valence-electron chi connectivity index (χ1n) is 6.47. The molecular formula is C16H17NO4. The molecule has 0 heterocycles. The molecule has 21 heavy (non-hydrogen) atoms. The number of carbonyl (C=O) groups excluding carboxylic acids is 1. The van der Waals surface area contributed by atoms with Crippen molar-refractivity contribution in [3.8, 4) is 17.2 Å². The monoisotopic (exact) mass is 287 g/mol. The molecule has 0 aliphatic rings. The molecule has 0 fully saturated rings. The molecule has 0 amide bonds. The molecule has 2 rings (SSSR count). The second-order valence-electron chi connectivity index (χ2n) is 4.40. The van der Waals surface area contributed by atoms with Gasteiger partial charge >= 0.3 is 5.97 Å². The summed E-state index contributed by atoms with van der Waals surface area (Å²) in [5.41, 5.74) is 6.23. The molecule has 1 atom stereocenters. The number of para-hydroxylation sites is 2. The fourth-order valence-corrected chi connectivity index (χ4v) is 1.73. The first-order valence-corrected chi connectivity index (χ1v) is 6.47. The summed E-state index contributed by atoms with van der Waals surface area (Å²) in [5, 5.41) is 0. The molecule has 0 aromatic heterocycles. The SMILES string of the molecule is COc1ccccc1OC(=O)C(C)Oc1cccc(N)c1. The summed E-state index contributed by atoms with van der Waals surface area (Å²) < 4.78 is 15.9. The van der Waals surface area contributed by atoms with Crippen LogP contribution in [0.5, 0.6) is 17.2 Å². The van der Waals surface area contributed by atoms with Crippen LogP contribution in [0.2, 0.25) is 0 Å². The highest BCUT2D eigenvalue weighted by molar-refractivity contribution is 5.77. The molecule has 0 radical (unpaired) electrons. The van der Waals surface area contributed by atoms with Gasteiger partial charge in [0.1, 0.15) is 5.75 Å². The van der Waals surface area contributed by atoms with E-state index in [9.17, 15) is 4.79 Å². The van der Waals surface area contributed by atoms with Gasteiger partial charge in [-0.2, -0.15) is 0 Å². The van der Waals surface area contributed by atoms with Crippen LogP contribution in [0.25, 0.3) is 0 Å². The molecule has 0 bridgehead atoms. The highest BCUT2D eigenvalue weighted by Crippen LogP contribution is 2.26. The Labute approximate surface area is 123 Å². The Bertz CT molecular complexity index is 627. The van der Waals surface area contributed by atoms with Gasteiger partial charge in [0, 0.05) is 11.8 Å².